The first-order chi connectivity index (χ1) is 8.90. The number of imidazole rings is 1. The Morgan fingerprint density at radius 2 is 1.58 bits per heavy atom. The maximum absolute atomic E-state index is 3.39. The summed E-state index contributed by atoms with van der Waals surface area (Å²) in [6.07, 6.45) is 4.06. The van der Waals surface area contributed by atoms with Crippen molar-refractivity contribution in [1.29, 1.82) is 0 Å². The molecule has 0 saturated carbocycles. The van der Waals surface area contributed by atoms with Crippen LogP contribution in [0.3, 0.4) is 0 Å². The summed E-state index contributed by atoms with van der Waals surface area (Å²) in [6, 6.07) is 8.36. The number of aryl methyl sites for hydroxylation is 2. The molecule has 0 fully saturated rings. The first-order valence-corrected chi connectivity index (χ1v) is 9.23. The molecule has 0 atom stereocenters. The quantitative estimate of drug-likeness (QED) is 0.331. The predicted octanol–water partition coefficient (Wildman–Crippen LogP) is 4.39. The van der Waals surface area contributed by atoms with Gasteiger partial charge in [0, 0.05) is 56.7 Å². The van der Waals surface area contributed by atoms with Gasteiger partial charge in [0.15, 0.2) is 0 Å². The van der Waals surface area contributed by atoms with Crippen LogP contribution in [-0.2, 0) is 40.0 Å². The monoisotopic (exact) mass is 728 g/mol. The van der Waals surface area contributed by atoms with Crippen LogP contribution in [0.2, 0.25) is 0 Å². The Labute approximate surface area is 160 Å². The van der Waals surface area contributed by atoms with Gasteiger partial charge in [-0.25, -0.2) is 0 Å². The van der Waals surface area contributed by atoms with Gasteiger partial charge in [0.1, 0.15) is 0 Å². The molecule has 0 saturated heterocycles. The normalized spacial score (nSPS) is 10.3. The third-order valence-corrected chi connectivity index (χ3v) is 5.08. The van der Waals surface area contributed by atoms with Crippen LogP contribution in [0.15, 0.2) is 41.1 Å². The molecule has 0 amide bonds. The van der Waals surface area contributed by atoms with E-state index >= 15 is 0 Å². The number of benzene rings is 1. The Morgan fingerprint density at radius 3 is 1.89 bits per heavy atom. The molecular formula is C12H14BrI2N3Pt. The number of halogens is 3. The van der Waals surface area contributed by atoms with E-state index in [1.807, 2.05) is 26.5 Å². The van der Waals surface area contributed by atoms with Crippen LogP contribution in [0.4, 0.5) is 0 Å². The Morgan fingerprint density at radius 1 is 1.11 bits per heavy atom. The molecule has 2 rings (SSSR count). The minimum atomic E-state index is 0.981. The van der Waals surface area contributed by atoms with Gasteiger partial charge in [0.25, 0.3) is 0 Å². The second-order valence-electron chi connectivity index (χ2n) is 3.85. The van der Waals surface area contributed by atoms with Gasteiger partial charge in [0.2, 0.25) is 0 Å². The zero-order valence-electron chi connectivity index (χ0n) is 10.5. The summed E-state index contributed by atoms with van der Waals surface area (Å²) < 4.78 is 8.61. The fraction of sp³-hybridized carbons (Fsp3) is 0.250. The second-order valence-corrected chi connectivity index (χ2v) is 9.96. The molecule has 0 aliphatic rings. The first-order valence-electron chi connectivity index (χ1n) is 5.37. The Hall–Kier alpha value is 1.02. The molecule has 1 heterocycles. The molecule has 0 aliphatic carbocycles. The van der Waals surface area contributed by atoms with E-state index in [4.69, 9.17) is 0 Å². The summed E-state index contributed by atoms with van der Waals surface area (Å²) >= 11 is 10.2. The topological polar surface area (TPSA) is 13.1 Å². The zero-order chi connectivity index (χ0) is 14.4. The SMILES string of the molecule is Brc1ccc(CN(I)I)cc1.Cn1ccn(C)[c]1=[Pt]. The number of nitrogens with zero attached hydrogens (tertiary/aromatic N) is 3. The average Bonchev–Trinajstić information content (AvgIpc) is 2.64. The molecule has 0 N–H and O–H groups in total. The molecular weight excluding hydrogens is 715 g/mol. The molecule has 3 nitrogen and oxygen atoms in total. The first kappa shape index (κ1) is 18.1. The van der Waals surface area contributed by atoms with Crippen molar-refractivity contribution >= 4 is 61.7 Å². The molecule has 19 heavy (non-hydrogen) atoms. The standard InChI is InChI=1S/C7H6BrI2N.C5H8N2.Pt/c8-7-3-1-6(2-4-7)5-11(9)10;1-6-3-4-7(2)5-6;/h1-4H,5H2;3-4H,1-2H3;. The summed E-state index contributed by atoms with van der Waals surface area (Å²) in [7, 11) is 4.06. The van der Waals surface area contributed by atoms with Crippen LogP contribution in [0.5, 0.6) is 0 Å². The van der Waals surface area contributed by atoms with Crippen LogP contribution in [-0.4, -0.2) is 10.5 Å². The van der Waals surface area contributed by atoms with Crippen molar-refractivity contribution in [3.05, 3.63) is 50.5 Å². The fourth-order valence-corrected chi connectivity index (χ4v) is 2.68. The van der Waals surface area contributed by atoms with E-state index in [-0.39, 0.29) is 0 Å². The van der Waals surface area contributed by atoms with E-state index in [1.165, 1.54) is 9.37 Å². The summed E-state index contributed by atoms with van der Waals surface area (Å²) in [5.41, 5.74) is 1.33. The Bertz CT molecular complexity index is 541. The van der Waals surface area contributed by atoms with Crippen LogP contribution in [0, 0.1) is 3.80 Å². The van der Waals surface area contributed by atoms with Gasteiger partial charge >= 0.3 is 58.8 Å². The average molecular weight is 729 g/mol. The van der Waals surface area contributed by atoms with Gasteiger partial charge in [-0.1, -0.05) is 28.1 Å². The van der Waals surface area contributed by atoms with Crippen molar-refractivity contribution in [2.75, 3.05) is 0 Å². The summed E-state index contributed by atoms with van der Waals surface area (Å²) in [4.78, 5) is 0. The van der Waals surface area contributed by atoms with E-state index in [0.717, 1.165) is 11.0 Å². The van der Waals surface area contributed by atoms with Gasteiger partial charge in [-0.15, -0.1) is 0 Å². The molecule has 1 aromatic carbocycles. The molecule has 0 aliphatic heterocycles. The van der Waals surface area contributed by atoms with Gasteiger partial charge in [-0.2, -0.15) is 1.33 Å². The summed E-state index contributed by atoms with van der Waals surface area (Å²) in [5, 5.41) is 0. The molecule has 0 unspecified atom stereocenters. The summed E-state index contributed by atoms with van der Waals surface area (Å²) in [6.45, 7) is 0.981. The second kappa shape index (κ2) is 9.12. The van der Waals surface area contributed by atoms with Gasteiger partial charge in [-0.3, -0.25) is 0 Å². The Kier molecular flexibility index (Phi) is 8.67. The van der Waals surface area contributed by atoms with Crippen LogP contribution >= 0.6 is 61.7 Å². The maximum atomic E-state index is 3.39. The van der Waals surface area contributed by atoms with E-state index in [1.54, 1.807) is 0 Å². The molecule has 2 aromatic rings. The molecule has 108 valence electrons. The molecule has 0 radical (unpaired) electrons. The van der Waals surface area contributed by atoms with Gasteiger partial charge < -0.3 is 0 Å². The third-order valence-electron chi connectivity index (χ3n) is 2.27. The van der Waals surface area contributed by atoms with Gasteiger partial charge in [-0.05, 0) is 17.7 Å². The fourth-order valence-electron chi connectivity index (χ4n) is 1.29. The number of hydrogen-bond acceptors (Lipinski definition) is 1. The van der Waals surface area contributed by atoms with E-state index < -0.39 is 0 Å². The van der Waals surface area contributed by atoms with E-state index in [9.17, 15) is 0 Å². The summed E-state index contributed by atoms with van der Waals surface area (Å²) in [5.74, 6) is 0. The van der Waals surface area contributed by atoms with Crippen LogP contribution in [0.1, 0.15) is 5.56 Å². The van der Waals surface area contributed by atoms with Crippen molar-refractivity contribution in [3.8, 4) is 0 Å². The molecule has 0 bridgehead atoms. The van der Waals surface area contributed by atoms with Crippen molar-refractivity contribution < 1.29 is 19.4 Å². The van der Waals surface area contributed by atoms with Crippen molar-refractivity contribution in [3.63, 3.8) is 0 Å². The van der Waals surface area contributed by atoms with E-state index in [0.29, 0.717) is 0 Å². The van der Waals surface area contributed by atoms with Crippen LogP contribution < -0.4 is 0 Å². The number of aromatic nitrogens is 2. The Balaban J connectivity index is 0.000000200. The van der Waals surface area contributed by atoms with Crippen molar-refractivity contribution in [2.24, 2.45) is 14.1 Å². The van der Waals surface area contributed by atoms with Crippen molar-refractivity contribution in [1.82, 2.24) is 10.5 Å². The number of hydrogen-bond donors (Lipinski definition) is 0. The molecule has 1 aromatic heterocycles. The van der Waals surface area contributed by atoms with Crippen molar-refractivity contribution in [2.45, 2.75) is 6.54 Å². The number of rotatable bonds is 2. The minimum absolute atomic E-state index is 0.981. The zero-order valence-corrected chi connectivity index (χ0v) is 18.6. The van der Waals surface area contributed by atoms with Crippen LogP contribution in [0.25, 0.3) is 0 Å². The van der Waals surface area contributed by atoms with E-state index in [2.05, 4.69) is 116 Å². The third kappa shape index (κ3) is 7.02. The molecule has 7 heteroatoms. The van der Waals surface area contributed by atoms with Gasteiger partial charge in [0.05, 0.1) is 0 Å². The molecule has 0 spiro atoms. The predicted molar refractivity (Wildman–Crippen MR) is 95.4 cm³/mol.